The first-order chi connectivity index (χ1) is 8.99. The minimum Gasteiger partial charge on any atom is -0.383 e. The normalized spacial score (nSPS) is 23.1. The fourth-order valence-electron chi connectivity index (χ4n) is 1.92. The van der Waals surface area contributed by atoms with Crippen LogP contribution in [0.4, 0.5) is 16.0 Å². The zero-order chi connectivity index (χ0) is 14.0. The predicted molar refractivity (Wildman–Crippen MR) is 67.9 cm³/mol. The quantitative estimate of drug-likeness (QED) is 0.581. The molecule has 0 bridgehead atoms. The van der Waals surface area contributed by atoms with Crippen molar-refractivity contribution < 1.29 is 13.9 Å². The van der Waals surface area contributed by atoms with Crippen LogP contribution in [-0.2, 0) is 4.74 Å². The summed E-state index contributed by atoms with van der Waals surface area (Å²) in [4.78, 5) is 14.8. The van der Waals surface area contributed by atoms with Crippen molar-refractivity contribution in [3.63, 3.8) is 0 Å². The summed E-state index contributed by atoms with van der Waals surface area (Å²) in [6, 6.07) is 0.555. The number of anilines is 2. The van der Waals surface area contributed by atoms with Crippen molar-refractivity contribution in [2.75, 3.05) is 24.3 Å². The third-order valence-electron chi connectivity index (χ3n) is 2.99. The molecule has 8 heteroatoms. The van der Waals surface area contributed by atoms with E-state index in [1.54, 1.807) is 0 Å². The molecule has 0 saturated carbocycles. The smallest absolute Gasteiger partial charge is 0.252 e. The van der Waals surface area contributed by atoms with E-state index in [0.717, 1.165) is 6.07 Å². The maximum Gasteiger partial charge on any atom is 0.252 e. The molecule has 0 radical (unpaired) electrons. The summed E-state index contributed by atoms with van der Waals surface area (Å²) in [6.07, 6.45) is 0.639. The molecule has 2 unspecified atom stereocenters. The molecular formula is C11H16FN5O2. The monoisotopic (exact) mass is 269 g/mol. The van der Waals surface area contributed by atoms with Gasteiger partial charge in [0, 0.05) is 18.7 Å². The summed E-state index contributed by atoms with van der Waals surface area (Å²) in [7, 11) is 0. The molecule has 1 fully saturated rings. The van der Waals surface area contributed by atoms with Crippen molar-refractivity contribution in [1.82, 2.24) is 4.98 Å². The number of primary amides is 1. The number of aromatic nitrogens is 1. The number of pyridine rings is 1. The predicted octanol–water partition coefficient (Wildman–Crippen LogP) is -0.570. The lowest BCUT2D eigenvalue weighted by Gasteiger charge is -2.29. The van der Waals surface area contributed by atoms with Gasteiger partial charge in [0.1, 0.15) is 5.82 Å². The number of nitrogens with two attached hydrogens (primary N) is 3. The molecule has 1 amide bonds. The van der Waals surface area contributed by atoms with Crippen molar-refractivity contribution in [2.45, 2.75) is 18.5 Å². The zero-order valence-corrected chi connectivity index (χ0v) is 10.2. The maximum atomic E-state index is 13.8. The van der Waals surface area contributed by atoms with Crippen LogP contribution in [0.15, 0.2) is 6.07 Å². The molecule has 1 saturated heterocycles. The molecule has 104 valence electrons. The van der Waals surface area contributed by atoms with Crippen LogP contribution in [0.5, 0.6) is 0 Å². The Morgan fingerprint density at radius 2 is 2.32 bits per heavy atom. The Bertz CT molecular complexity index is 496. The maximum absolute atomic E-state index is 13.8. The summed E-state index contributed by atoms with van der Waals surface area (Å²) < 4.78 is 19.0. The van der Waals surface area contributed by atoms with Gasteiger partial charge in [0.15, 0.2) is 11.6 Å². The second-order valence-electron chi connectivity index (χ2n) is 4.39. The second kappa shape index (κ2) is 5.37. The second-order valence-corrected chi connectivity index (χ2v) is 4.39. The molecular weight excluding hydrogens is 253 g/mol. The zero-order valence-electron chi connectivity index (χ0n) is 10.2. The highest BCUT2D eigenvalue weighted by molar-refractivity contribution is 5.97. The van der Waals surface area contributed by atoms with E-state index in [-0.39, 0.29) is 29.3 Å². The Hall–Kier alpha value is -1.93. The number of ether oxygens (including phenoxy) is 1. The van der Waals surface area contributed by atoms with Crippen LogP contribution in [-0.4, -0.2) is 36.2 Å². The summed E-state index contributed by atoms with van der Waals surface area (Å²) in [5, 5.41) is 2.88. The van der Waals surface area contributed by atoms with Gasteiger partial charge in [-0.3, -0.25) is 4.79 Å². The van der Waals surface area contributed by atoms with Crippen molar-refractivity contribution in [3.8, 4) is 0 Å². The van der Waals surface area contributed by atoms with Crippen LogP contribution < -0.4 is 22.5 Å². The van der Waals surface area contributed by atoms with E-state index in [9.17, 15) is 9.18 Å². The Morgan fingerprint density at radius 1 is 1.58 bits per heavy atom. The van der Waals surface area contributed by atoms with E-state index in [0.29, 0.717) is 19.6 Å². The first-order valence-corrected chi connectivity index (χ1v) is 5.84. The molecule has 0 spiro atoms. The van der Waals surface area contributed by atoms with Gasteiger partial charge < -0.3 is 27.3 Å². The lowest BCUT2D eigenvalue weighted by Crippen LogP contribution is -2.47. The standard InChI is InChI=1S/C11H16FN5O2/c12-6-3-5(10(15)18)9(14)17-11(6)16-8-1-2-19-4-7(8)13/h3,7-8H,1-2,4,13H2,(H2,15,18)(H3,14,16,17). The highest BCUT2D eigenvalue weighted by Crippen LogP contribution is 2.20. The molecule has 7 N–H and O–H groups in total. The minimum atomic E-state index is -0.821. The van der Waals surface area contributed by atoms with Gasteiger partial charge in [-0.25, -0.2) is 9.37 Å². The SMILES string of the molecule is NC(=O)c1cc(F)c(NC2CCOCC2N)nc1N. The van der Waals surface area contributed by atoms with Crippen LogP contribution in [0.2, 0.25) is 0 Å². The van der Waals surface area contributed by atoms with Crippen LogP contribution in [0.25, 0.3) is 0 Å². The average Bonchev–Trinajstić information content (AvgIpc) is 2.35. The van der Waals surface area contributed by atoms with E-state index in [4.69, 9.17) is 21.9 Å². The van der Waals surface area contributed by atoms with Crippen molar-refractivity contribution in [2.24, 2.45) is 11.5 Å². The Morgan fingerprint density at radius 3 is 2.95 bits per heavy atom. The molecule has 19 heavy (non-hydrogen) atoms. The van der Waals surface area contributed by atoms with E-state index in [2.05, 4.69) is 10.3 Å². The fraction of sp³-hybridized carbons (Fsp3) is 0.455. The van der Waals surface area contributed by atoms with E-state index < -0.39 is 11.7 Å². The number of nitrogens with zero attached hydrogens (tertiary/aromatic N) is 1. The number of halogens is 1. The van der Waals surface area contributed by atoms with Crippen molar-refractivity contribution >= 4 is 17.5 Å². The first kappa shape index (κ1) is 13.5. The largest absolute Gasteiger partial charge is 0.383 e. The lowest BCUT2D eigenvalue weighted by atomic mass is 10.0. The van der Waals surface area contributed by atoms with Gasteiger partial charge in [0.05, 0.1) is 12.2 Å². The van der Waals surface area contributed by atoms with Crippen LogP contribution in [0.1, 0.15) is 16.8 Å². The third kappa shape index (κ3) is 2.91. The summed E-state index contributed by atoms with van der Waals surface area (Å²) in [5.41, 5.74) is 16.3. The van der Waals surface area contributed by atoms with Crippen molar-refractivity contribution in [3.05, 3.63) is 17.4 Å². The topological polar surface area (TPSA) is 129 Å². The van der Waals surface area contributed by atoms with Crippen LogP contribution >= 0.6 is 0 Å². The van der Waals surface area contributed by atoms with E-state index in [1.807, 2.05) is 0 Å². The van der Waals surface area contributed by atoms with Crippen LogP contribution in [0, 0.1) is 5.82 Å². The molecule has 2 rings (SSSR count). The number of nitrogens with one attached hydrogen (secondary N) is 1. The Balaban J connectivity index is 2.21. The molecule has 1 aromatic rings. The number of hydrogen-bond donors (Lipinski definition) is 4. The van der Waals surface area contributed by atoms with Gasteiger partial charge in [0.2, 0.25) is 0 Å². The molecule has 1 aliphatic rings. The minimum absolute atomic E-state index is 0.0372. The van der Waals surface area contributed by atoms with Gasteiger partial charge in [0.25, 0.3) is 5.91 Å². The number of rotatable bonds is 3. The van der Waals surface area contributed by atoms with Crippen molar-refractivity contribution in [1.29, 1.82) is 0 Å². The molecule has 7 nitrogen and oxygen atoms in total. The van der Waals surface area contributed by atoms with Gasteiger partial charge >= 0.3 is 0 Å². The van der Waals surface area contributed by atoms with Gasteiger partial charge in [-0.1, -0.05) is 0 Å². The molecule has 2 heterocycles. The number of amides is 1. The summed E-state index contributed by atoms with van der Waals surface area (Å²) >= 11 is 0. The lowest BCUT2D eigenvalue weighted by molar-refractivity contribution is 0.0751. The number of carbonyl (C=O) groups is 1. The molecule has 0 aromatic carbocycles. The van der Waals surface area contributed by atoms with E-state index >= 15 is 0 Å². The first-order valence-electron chi connectivity index (χ1n) is 5.84. The average molecular weight is 269 g/mol. The summed E-state index contributed by atoms with van der Waals surface area (Å²) in [6.45, 7) is 0.940. The molecule has 2 atom stereocenters. The Kier molecular flexibility index (Phi) is 3.82. The number of hydrogen-bond acceptors (Lipinski definition) is 6. The molecule has 1 aromatic heterocycles. The highest BCUT2D eigenvalue weighted by atomic mass is 19.1. The molecule has 1 aliphatic heterocycles. The van der Waals surface area contributed by atoms with E-state index in [1.165, 1.54) is 0 Å². The van der Waals surface area contributed by atoms with Gasteiger partial charge in [-0.2, -0.15) is 0 Å². The van der Waals surface area contributed by atoms with Crippen LogP contribution in [0.3, 0.4) is 0 Å². The van der Waals surface area contributed by atoms with Gasteiger partial charge in [-0.05, 0) is 12.5 Å². The fourth-order valence-corrected chi connectivity index (χ4v) is 1.92. The number of carbonyl (C=O) groups excluding carboxylic acids is 1. The van der Waals surface area contributed by atoms with Gasteiger partial charge in [-0.15, -0.1) is 0 Å². The summed E-state index contributed by atoms with van der Waals surface area (Å²) in [5.74, 6) is -1.67. The third-order valence-corrected chi connectivity index (χ3v) is 2.99. The number of nitrogen functional groups attached to an aromatic ring is 1. The highest BCUT2D eigenvalue weighted by Gasteiger charge is 2.24. The molecule has 0 aliphatic carbocycles. The Labute approximate surface area is 109 Å².